The summed E-state index contributed by atoms with van der Waals surface area (Å²) in [6, 6.07) is 9.89. The van der Waals surface area contributed by atoms with Crippen LogP contribution in [0.5, 0.6) is 5.75 Å². The van der Waals surface area contributed by atoms with Gasteiger partial charge in [0.05, 0.1) is 5.57 Å². The summed E-state index contributed by atoms with van der Waals surface area (Å²) >= 11 is 0. The van der Waals surface area contributed by atoms with Crippen LogP contribution in [0.15, 0.2) is 60.4 Å². The van der Waals surface area contributed by atoms with Crippen molar-refractivity contribution < 1.29 is 18.2 Å². The molecule has 2 aromatic rings. The normalized spacial score (nSPS) is 18.5. The van der Waals surface area contributed by atoms with Crippen LogP contribution in [0, 0.1) is 0 Å². The molecular formula is C15H11BF2N2O. The standard InChI is InChI=1S/C15H11BF2N2O/c17-16(18)19-9-1-3-13(19)15(14-4-2-10-20(14)16)11-5-7-12(21)8-6-11/h1-10,21H. The van der Waals surface area contributed by atoms with Crippen molar-refractivity contribution >= 4 is 18.8 Å². The van der Waals surface area contributed by atoms with Crippen LogP contribution in [0.4, 0.5) is 8.63 Å². The lowest BCUT2D eigenvalue weighted by Crippen LogP contribution is -2.49. The van der Waals surface area contributed by atoms with E-state index in [2.05, 4.69) is 0 Å². The summed E-state index contributed by atoms with van der Waals surface area (Å²) in [6.07, 6.45) is 6.11. The minimum atomic E-state index is -3.86. The molecule has 3 heterocycles. The second kappa shape index (κ2) is 3.94. The maximum absolute atomic E-state index is 14.5. The van der Waals surface area contributed by atoms with Crippen molar-refractivity contribution in [2.75, 3.05) is 0 Å². The van der Waals surface area contributed by atoms with E-state index in [1.54, 1.807) is 48.6 Å². The van der Waals surface area contributed by atoms with Crippen LogP contribution in [-0.4, -0.2) is 27.3 Å². The molecule has 0 atom stereocenters. The van der Waals surface area contributed by atoms with E-state index in [0.717, 1.165) is 20.1 Å². The third-order valence-electron chi connectivity index (χ3n) is 3.90. The fraction of sp³-hybridized carbons (Fsp3) is 0. The maximum atomic E-state index is 14.5. The molecule has 0 unspecified atom stereocenters. The molecule has 0 saturated heterocycles. The number of benzene rings is 1. The minimum Gasteiger partial charge on any atom is -0.508 e. The lowest BCUT2D eigenvalue weighted by atomic mass is 9.86. The van der Waals surface area contributed by atoms with Gasteiger partial charge in [-0.3, -0.25) is 0 Å². The first-order valence-corrected chi connectivity index (χ1v) is 6.62. The number of phenolic OH excluding ortho intramolecular Hbond substituents is 1. The lowest BCUT2D eigenvalue weighted by Gasteiger charge is -2.30. The molecule has 4 rings (SSSR count). The fourth-order valence-corrected chi connectivity index (χ4v) is 2.94. The van der Waals surface area contributed by atoms with Gasteiger partial charge in [0.25, 0.3) is 0 Å². The molecule has 0 spiro atoms. The van der Waals surface area contributed by atoms with E-state index in [0.29, 0.717) is 11.4 Å². The summed E-state index contributed by atoms with van der Waals surface area (Å²) in [5, 5.41) is 9.41. The lowest BCUT2D eigenvalue weighted by molar-refractivity contribution is -0.356. The zero-order chi connectivity index (χ0) is 14.6. The number of fused-ring (bicyclic) bond motifs is 2. The number of halogens is 2. The molecule has 0 aliphatic carbocycles. The average Bonchev–Trinajstić information content (AvgIpc) is 3.10. The SMILES string of the molecule is Oc1ccc(C2=C3C=CC=[N+]3[B-](F)(F)n3cccc32)cc1. The molecule has 3 nitrogen and oxygen atoms in total. The van der Waals surface area contributed by atoms with Crippen LogP contribution >= 0.6 is 0 Å². The van der Waals surface area contributed by atoms with Crippen molar-refractivity contribution in [3.63, 3.8) is 0 Å². The van der Waals surface area contributed by atoms with Gasteiger partial charge in [0.2, 0.25) is 0 Å². The highest BCUT2D eigenvalue weighted by Crippen LogP contribution is 2.38. The number of hydrogen-bond donors (Lipinski definition) is 1. The van der Waals surface area contributed by atoms with Crippen LogP contribution in [0.25, 0.3) is 5.57 Å². The highest BCUT2D eigenvalue weighted by molar-refractivity contribution is 6.57. The molecule has 0 bridgehead atoms. The zero-order valence-electron chi connectivity index (χ0n) is 10.9. The van der Waals surface area contributed by atoms with Gasteiger partial charge in [-0.15, -0.1) is 0 Å². The monoisotopic (exact) mass is 284 g/mol. The van der Waals surface area contributed by atoms with E-state index in [1.165, 1.54) is 12.4 Å². The van der Waals surface area contributed by atoms with Crippen LogP contribution in [0.3, 0.4) is 0 Å². The van der Waals surface area contributed by atoms with Crippen molar-refractivity contribution in [3.05, 3.63) is 71.7 Å². The molecule has 2 aliphatic rings. The van der Waals surface area contributed by atoms with Gasteiger partial charge in [0.1, 0.15) is 12.0 Å². The highest BCUT2D eigenvalue weighted by Gasteiger charge is 2.51. The van der Waals surface area contributed by atoms with Gasteiger partial charge in [0.15, 0.2) is 5.70 Å². The molecule has 1 aromatic heterocycles. The highest BCUT2D eigenvalue weighted by atomic mass is 19.2. The van der Waals surface area contributed by atoms with Crippen molar-refractivity contribution in [1.82, 2.24) is 4.48 Å². The second-order valence-corrected chi connectivity index (χ2v) is 5.11. The van der Waals surface area contributed by atoms with E-state index in [1.807, 2.05) is 0 Å². The number of nitrogens with zero attached hydrogens (tertiary/aromatic N) is 2. The summed E-state index contributed by atoms with van der Waals surface area (Å²) < 4.78 is 31.1. The van der Waals surface area contributed by atoms with Crippen LogP contribution < -0.4 is 0 Å². The van der Waals surface area contributed by atoms with E-state index in [9.17, 15) is 13.7 Å². The minimum absolute atomic E-state index is 0.149. The Morgan fingerprint density at radius 2 is 1.86 bits per heavy atom. The Kier molecular flexibility index (Phi) is 2.28. The molecule has 1 N–H and O–H groups in total. The van der Waals surface area contributed by atoms with Gasteiger partial charge in [0, 0.05) is 17.8 Å². The Balaban J connectivity index is 2.04. The number of hydrogen-bond acceptors (Lipinski definition) is 1. The van der Waals surface area contributed by atoms with E-state index < -0.39 is 6.97 Å². The summed E-state index contributed by atoms with van der Waals surface area (Å²) in [5.41, 5.74) is 2.49. The number of rotatable bonds is 1. The molecule has 2 aliphatic heterocycles. The van der Waals surface area contributed by atoms with Crippen LogP contribution in [0.1, 0.15) is 11.3 Å². The molecular weight excluding hydrogens is 273 g/mol. The topological polar surface area (TPSA) is 28.2 Å². The van der Waals surface area contributed by atoms with Crippen molar-refractivity contribution in [3.8, 4) is 5.75 Å². The average molecular weight is 284 g/mol. The molecule has 1 aromatic carbocycles. The Hall–Kier alpha value is -2.63. The third kappa shape index (κ3) is 1.56. The van der Waals surface area contributed by atoms with Gasteiger partial charge in [-0.25, -0.2) is 0 Å². The number of aromatic nitrogens is 1. The first-order chi connectivity index (χ1) is 10.1. The molecule has 6 heteroatoms. The summed E-state index contributed by atoms with van der Waals surface area (Å²) in [7, 11) is 0. The predicted molar refractivity (Wildman–Crippen MR) is 77.4 cm³/mol. The predicted octanol–water partition coefficient (Wildman–Crippen LogP) is 2.84. The van der Waals surface area contributed by atoms with Crippen molar-refractivity contribution in [2.45, 2.75) is 0 Å². The quantitative estimate of drug-likeness (QED) is 0.801. The van der Waals surface area contributed by atoms with Crippen LogP contribution in [-0.2, 0) is 0 Å². The first kappa shape index (κ1) is 12.1. The van der Waals surface area contributed by atoms with E-state index in [4.69, 9.17) is 0 Å². The zero-order valence-corrected chi connectivity index (χ0v) is 10.9. The largest absolute Gasteiger partial charge is 0.737 e. The maximum Gasteiger partial charge on any atom is 0.737 e. The Bertz CT molecular complexity index is 832. The Labute approximate surface area is 119 Å². The summed E-state index contributed by atoms with van der Waals surface area (Å²) in [6.45, 7) is -3.86. The number of phenols is 1. The molecule has 104 valence electrons. The van der Waals surface area contributed by atoms with Crippen molar-refractivity contribution in [1.29, 1.82) is 0 Å². The number of aromatic hydroxyl groups is 1. The smallest absolute Gasteiger partial charge is 0.508 e. The van der Waals surface area contributed by atoms with E-state index >= 15 is 0 Å². The van der Waals surface area contributed by atoms with Gasteiger partial charge in [-0.2, -0.15) is 0 Å². The number of allylic oxidation sites excluding steroid dienone is 2. The Morgan fingerprint density at radius 1 is 1.10 bits per heavy atom. The van der Waals surface area contributed by atoms with Gasteiger partial charge < -0.3 is 22.7 Å². The summed E-state index contributed by atoms with van der Waals surface area (Å²) in [5.74, 6) is 0.149. The summed E-state index contributed by atoms with van der Waals surface area (Å²) in [4.78, 5) is 0. The van der Waals surface area contributed by atoms with Crippen molar-refractivity contribution in [2.24, 2.45) is 0 Å². The molecule has 21 heavy (non-hydrogen) atoms. The molecule has 0 saturated carbocycles. The molecule has 0 radical (unpaired) electrons. The third-order valence-corrected chi connectivity index (χ3v) is 3.90. The van der Waals surface area contributed by atoms with E-state index in [-0.39, 0.29) is 5.75 Å². The van der Waals surface area contributed by atoms with Crippen LogP contribution in [0.2, 0.25) is 0 Å². The second-order valence-electron chi connectivity index (χ2n) is 5.11. The molecule has 0 amide bonds. The first-order valence-electron chi connectivity index (χ1n) is 6.62. The fourth-order valence-electron chi connectivity index (χ4n) is 2.94. The van der Waals surface area contributed by atoms with Gasteiger partial charge >= 0.3 is 6.97 Å². The van der Waals surface area contributed by atoms with Gasteiger partial charge in [-0.1, -0.05) is 12.1 Å². The van der Waals surface area contributed by atoms with Gasteiger partial charge in [-0.05, 0) is 36.0 Å². The Morgan fingerprint density at radius 3 is 2.62 bits per heavy atom. The molecule has 0 fully saturated rings.